The van der Waals surface area contributed by atoms with Crippen LogP contribution in [0.1, 0.15) is 5.56 Å². The number of allylic oxidation sites excluding steroid dienone is 1. The maximum atomic E-state index is 8.86. The molecule has 0 bridgehead atoms. The van der Waals surface area contributed by atoms with Gasteiger partial charge in [-0.25, -0.2) is 0 Å². The zero-order valence-electron chi connectivity index (χ0n) is 9.19. The Morgan fingerprint density at radius 2 is 1.94 bits per heavy atom. The van der Waals surface area contributed by atoms with Gasteiger partial charge in [-0.15, -0.1) is 0 Å². The summed E-state index contributed by atoms with van der Waals surface area (Å²) in [6, 6.07) is 12.2. The summed E-state index contributed by atoms with van der Waals surface area (Å²) in [4.78, 5) is 2.26. The molecule has 0 atom stereocenters. The highest BCUT2D eigenvalue weighted by atomic mass is 15.2. The van der Waals surface area contributed by atoms with Gasteiger partial charge in [-0.05, 0) is 5.56 Å². The topological polar surface area (TPSA) is 39.1 Å². The van der Waals surface area contributed by atoms with E-state index in [1.165, 1.54) is 0 Å². The highest BCUT2D eigenvalue weighted by Crippen LogP contribution is 2.18. The highest BCUT2D eigenvalue weighted by Gasteiger charge is 2.13. The van der Waals surface area contributed by atoms with Gasteiger partial charge in [0.25, 0.3) is 0 Å². The number of rotatable bonds is 2. The lowest BCUT2D eigenvalue weighted by molar-refractivity contribution is 0.341. The van der Waals surface area contributed by atoms with E-state index in [0.29, 0.717) is 0 Å². The molecule has 1 fully saturated rings. The molecule has 0 radical (unpaired) electrons. The van der Waals surface area contributed by atoms with E-state index >= 15 is 0 Å². The Balaban J connectivity index is 2.24. The minimum Gasteiger partial charge on any atom is -0.368 e. The molecule has 1 aliphatic heterocycles. The van der Waals surface area contributed by atoms with E-state index in [4.69, 9.17) is 5.26 Å². The van der Waals surface area contributed by atoms with Crippen LogP contribution < -0.4 is 5.32 Å². The highest BCUT2D eigenvalue weighted by molar-refractivity contribution is 5.66. The van der Waals surface area contributed by atoms with Crippen molar-refractivity contribution in [1.29, 1.82) is 5.26 Å². The smallest absolute Gasteiger partial charge is 0.0934 e. The van der Waals surface area contributed by atoms with Crippen LogP contribution in [-0.2, 0) is 0 Å². The van der Waals surface area contributed by atoms with E-state index in [2.05, 4.69) is 16.3 Å². The van der Waals surface area contributed by atoms with Crippen LogP contribution in [0, 0.1) is 11.3 Å². The Morgan fingerprint density at radius 1 is 1.25 bits per heavy atom. The van der Waals surface area contributed by atoms with Crippen molar-refractivity contribution in [2.45, 2.75) is 0 Å². The first-order valence-electron chi connectivity index (χ1n) is 5.52. The predicted octanol–water partition coefficient (Wildman–Crippen LogP) is 1.46. The molecule has 3 nitrogen and oxygen atoms in total. The number of nitrogens with zero attached hydrogens (tertiary/aromatic N) is 2. The van der Waals surface area contributed by atoms with E-state index in [1.807, 2.05) is 30.3 Å². The van der Waals surface area contributed by atoms with Gasteiger partial charge in [0.2, 0.25) is 0 Å². The molecule has 0 amide bonds. The van der Waals surface area contributed by atoms with Gasteiger partial charge in [-0.1, -0.05) is 30.3 Å². The van der Waals surface area contributed by atoms with E-state index in [-0.39, 0.29) is 0 Å². The number of hydrogen-bond donors (Lipinski definition) is 1. The summed E-state index contributed by atoms with van der Waals surface area (Å²) in [6.07, 6.45) is 1.64. The second-order valence-electron chi connectivity index (χ2n) is 3.76. The summed E-state index contributed by atoms with van der Waals surface area (Å²) in [7, 11) is 0. The first kappa shape index (κ1) is 10.7. The van der Waals surface area contributed by atoms with Crippen LogP contribution in [0.5, 0.6) is 0 Å². The van der Waals surface area contributed by atoms with Crippen LogP contribution in [0.3, 0.4) is 0 Å². The second kappa shape index (κ2) is 5.34. The summed E-state index contributed by atoms with van der Waals surface area (Å²) in [5.41, 5.74) is 2.15. The average molecular weight is 213 g/mol. The maximum Gasteiger partial charge on any atom is 0.0934 e. The zero-order valence-corrected chi connectivity index (χ0v) is 9.19. The molecule has 1 aromatic rings. The third-order valence-electron chi connectivity index (χ3n) is 2.73. The Hall–Kier alpha value is -1.79. The number of piperazine rings is 1. The minimum atomic E-state index is 0.961. The standard InChI is InChI=1S/C13H15N3/c14-7-6-13(12-4-2-1-3-5-12)16-10-8-15-9-11-16/h1-6,15H,8-11H2/b13-6+. The van der Waals surface area contributed by atoms with Crippen molar-refractivity contribution in [3.8, 4) is 6.07 Å². The quantitative estimate of drug-likeness (QED) is 0.756. The summed E-state index contributed by atoms with van der Waals surface area (Å²) >= 11 is 0. The first-order valence-corrected chi connectivity index (χ1v) is 5.52. The van der Waals surface area contributed by atoms with E-state index < -0.39 is 0 Å². The number of nitrogens with one attached hydrogen (secondary N) is 1. The summed E-state index contributed by atoms with van der Waals surface area (Å²) < 4.78 is 0. The fourth-order valence-electron chi connectivity index (χ4n) is 1.93. The molecule has 1 heterocycles. The molecule has 16 heavy (non-hydrogen) atoms. The lowest BCUT2D eigenvalue weighted by atomic mass is 10.1. The predicted molar refractivity (Wildman–Crippen MR) is 64.5 cm³/mol. The fourth-order valence-corrected chi connectivity index (χ4v) is 1.93. The van der Waals surface area contributed by atoms with Crippen LogP contribution in [0.25, 0.3) is 5.70 Å². The van der Waals surface area contributed by atoms with Crippen molar-refractivity contribution in [2.24, 2.45) is 0 Å². The van der Waals surface area contributed by atoms with Gasteiger partial charge in [-0.2, -0.15) is 5.26 Å². The molecular weight excluding hydrogens is 198 g/mol. The van der Waals surface area contributed by atoms with Gasteiger partial charge in [0.15, 0.2) is 0 Å². The van der Waals surface area contributed by atoms with Gasteiger partial charge in [0.1, 0.15) is 0 Å². The van der Waals surface area contributed by atoms with Crippen molar-refractivity contribution < 1.29 is 0 Å². The zero-order chi connectivity index (χ0) is 11.2. The fraction of sp³-hybridized carbons (Fsp3) is 0.308. The SMILES string of the molecule is N#C/C=C(\c1ccccc1)N1CCNCC1. The van der Waals surface area contributed by atoms with Crippen LogP contribution in [-0.4, -0.2) is 31.1 Å². The molecule has 1 aliphatic rings. The van der Waals surface area contributed by atoms with E-state index in [0.717, 1.165) is 37.4 Å². The van der Waals surface area contributed by atoms with Gasteiger partial charge < -0.3 is 10.2 Å². The molecule has 0 aromatic heterocycles. The second-order valence-corrected chi connectivity index (χ2v) is 3.76. The Kier molecular flexibility index (Phi) is 3.58. The third-order valence-corrected chi connectivity index (χ3v) is 2.73. The van der Waals surface area contributed by atoms with Crippen molar-refractivity contribution in [3.63, 3.8) is 0 Å². The van der Waals surface area contributed by atoms with Crippen molar-refractivity contribution in [2.75, 3.05) is 26.2 Å². The van der Waals surface area contributed by atoms with Crippen molar-refractivity contribution in [1.82, 2.24) is 10.2 Å². The monoisotopic (exact) mass is 213 g/mol. The van der Waals surface area contributed by atoms with Crippen LogP contribution in [0.15, 0.2) is 36.4 Å². The first-order chi connectivity index (χ1) is 7.92. The lowest BCUT2D eigenvalue weighted by Gasteiger charge is -2.31. The molecular formula is C13H15N3. The number of nitriles is 1. The van der Waals surface area contributed by atoms with Crippen LogP contribution in [0.4, 0.5) is 0 Å². The molecule has 0 spiro atoms. The molecule has 0 unspecified atom stereocenters. The molecule has 2 rings (SSSR count). The van der Waals surface area contributed by atoms with Crippen molar-refractivity contribution in [3.05, 3.63) is 42.0 Å². The average Bonchev–Trinajstić information content (AvgIpc) is 2.38. The summed E-state index contributed by atoms with van der Waals surface area (Å²) in [5, 5.41) is 12.2. The molecule has 1 N–H and O–H groups in total. The Morgan fingerprint density at radius 3 is 2.56 bits per heavy atom. The van der Waals surface area contributed by atoms with Crippen molar-refractivity contribution >= 4 is 5.70 Å². The van der Waals surface area contributed by atoms with Gasteiger partial charge >= 0.3 is 0 Å². The molecule has 82 valence electrons. The maximum absolute atomic E-state index is 8.86. The Bertz CT molecular complexity index is 397. The molecule has 1 aromatic carbocycles. The normalized spacial score (nSPS) is 16.9. The molecule has 1 saturated heterocycles. The summed E-state index contributed by atoms with van der Waals surface area (Å²) in [5.74, 6) is 0. The molecule has 3 heteroatoms. The number of hydrogen-bond acceptors (Lipinski definition) is 3. The van der Waals surface area contributed by atoms with Gasteiger partial charge in [-0.3, -0.25) is 0 Å². The summed E-state index contributed by atoms with van der Waals surface area (Å²) in [6.45, 7) is 3.88. The molecule has 0 aliphatic carbocycles. The molecule has 0 saturated carbocycles. The largest absolute Gasteiger partial charge is 0.368 e. The van der Waals surface area contributed by atoms with Crippen LogP contribution >= 0.6 is 0 Å². The van der Waals surface area contributed by atoms with E-state index in [1.54, 1.807) is 6.08 Å². The number of benzene rings is 1. The van der Waals surface area contributed by atoms with Gasteiger partial charge in [0.05, 0.1) is 11.8 Å². The van der Waals surface area contributed by atoms with E-state index in [9.17, 15) is 0 Å². The van der Waals surface area contributed by atoms with Crippen LogP contribution in [0.2, 0.25) is 0 Å². The van der Waals surface area contributed by atoms with Gasteiger partial charge in [0, 0.05) is 32.3 Å². The lowest BCUT2D eigenvalue weighted by Crippen LogP contribution is -2.42. The third kappa shape index (κ3) is 2.41. The Labute approximate surface area is 96.0 Å². The minimum absolute atomic E-state index is 0.961.